The van der Waals surface area contributed by atoms with Gasteiger partial charge in [0.15, 0.2) is 0 Å². The molecule has 1 amide bonds. The summed E-state index contributed by atoms with van der Waals surface area (Å²) in [6.45, 7) is -2.43. The Morgan fingerprint density at radius 2 is 1.89 bits per heavy atom. The topological polar surface area (TPSA) is 89.9 Å². The van der Waals surface area contributed by atoms with Crippen LogP contribution in [0.3, 0.4) is 0 Å². The highest BCUT2D eigenvalue weighted by atomic mass is 19.4. The average Bonchev–Trinajstić information content (AvgIpc) is 2.22. The Balaban J connectivity index is 3.99. The van der Waals surface area contributed by atoms with Gasteiger partial charge in [0.1, 0.15) is 0 Å². The predicted molar refractivity (Wildman–Crippen MR) is 59.5 cm³/mol. The molecule has 0 heterocycles. The Morgan fingerprint density at radius 1 is 1.26 bits per heavy atom. The Bertz CT molecular complexity index is 297. The van der Waals surface area contributed by atoms with E-state index in [4.69, 9.17) is 10.2 Å². The monoisotopic (exact) mass is 286 g/mol. The van der Waals surface area contributed by atoms with Crippen molar-refractivity contribution >= 4 is 11.9 Å². The van der Waals surface area contributed by atoms with Crippen LogP contribution in [0.2, 0.25) is 0 Å². The summed E-state index contributed by atoms with van der Waals surface area (Å²) in [5.74, 6) is -1.64. The molecule has 0 aromatic carbocycles. The maximum absolute atomic E-state index is 12.2. The molecule has 0 rings (SSSR count). The van der Waals surface area contributed by atoms with Gasteiger partial charge < -0.3 is 15.5 Å². The molecular formula is C10H17F3N2O4. The summed E-state index contributed by atoms with van der Waals surface area (Å²) in [6, 6.07) is 0. The lowest BCUT2D eigenvalue weighted by Gasteiger charge is -2.21. The number of aliphatic hydroxyl groups is 1. The molecule has 0 radical (unpaired) electrons. The van der Waals surface area contributed by atoms with Crippen LogP contribution in [-0.2, 0) is 9.59 Å². The standard InChI is InChI=1S/C10H17F3N2O4/c11-10(12,13)7-15(4-5-16)6-8(17)14-3-1-2-9(18)19/h16H,1-7H2,(H,14,17)(H,18,19). The van der Waals surface area contributed by atoms with E-state index in [1.165, 1.54) is 0 Å². The van der Waals surface area contributed by atoms with Crippen molar-refractivity contribution in [2.24, 2.45) is 0 Å². The van der Waals surface area contributed by atoms with Crippen LogP contribution in [0.15, 0.2) is 0 Å². The van der Waals surface area contributed by atoms with Crippen LogP contribution in [0.5, 0.6) is 0 Å². The van der Waals surface area contributed by atoms with E-state index in [9.17, 15) is 22.8 Å². The largest absolute Gasteiger partial charge is 0.481 e. The maximum Gasteiger partial charge on any atom is 0.401 e. The number of halogens is 3. The summed E-state index contributed by atoms with van der Waals surface area (Å²) in [4.78, 5) is 22.3. The second-order valence-electron chi connectivity index (χ2n) is 3.90. The van der Waals surface area contributed by atoms with Crippen LogP contribution in [-0.4, -0.2) is 66.0 Å². The van der Waals surface area contributed by atoms with Crippen molar-refractivity contribution in [3.63, 3.8) is 0 Å². The Hall–Kier alpha value is -1.35. The van der Waals surface area contributed by atoms with E-state index in [0.29, 0.717) is 0 Å². The molecule has 9 heteroatoms. The molecule has 0 bridgehead atoms. The first kappa shape index (κ1) is 17.6. The fourth-order valence-electron chi connectivity index (χ4n) is 1.34. The van der Waals surface area contributed by atoms with E-state index in [2.05, 4.69) is 5.32 Å². The van der Waals surface area contributed by atoms with Gasteiger partial charge in [-0.05, 0) is 6.42 Å². The van der Waals surface area contributed by atoms with Crippen LogP contribution in [0.4, 0.5) is 13.2 Å². The van der Waals surface area contributed by atoms with Crippen molar-refractivity contribution in [1.82, 2.24) is 10.2 Å². The summed E-state index contributed by atoms with van der Waals surface area (Å²) < 4.78 is 36.5. The minimum absolute atomic E-state index is 0.0874. The number of hydrogen-bond acceptors (Lipinski definition) is 4. The van der Waals surface area contributed by atoms with E-state index in [1.54, 1.807) is 0 Å². The molecule has 19 heavy (non-hydrogen) atoms. The third-order valence-electron chi connectivity index (χ3n) is 2.08. The zero-order chi connectivity index (χ0) is 14.9. The maximum atomic E-state index is 12.2. The van der Waals surface area contributed by atoms with Gasteiger partial charge in [-0.25, -0.2) is 0 Å². The van der Waals surface area contributed by atoms with Gasteiger partial charge in [0.25, 0.3) is 0 Å². The molecule has 6 nitrogen and oxygen atoms in total. The molecule has 0 unspecified atom stereocenters. The number of aliphatic hydroxyl groups excluding tert-OH is 1. The molecule has 0 atom stereocenters. The molecule has 112 valence electrons. The second kappa shape index (κ2) is 8.70. The van der Waals surface area contributed by atoms with Gasteiger partial charge in [-0.1, -0.05) is 0 Å². The Morgan fingerprint density at radius 3 is 2.37 bits per heavy atom. The summed E-state index contributed by atoms with van der Waals surface area (Å²) in [5, 5.41) is 19.3. The molecule has 0 fully saturated rings. The van der Waals surface area contributed by atoms with E-state index < -0.39 is 37.7 Å². The van der Waals surface area contributed by atoms with Crippen molar-refractivity contribution in [1.29, 1.82) is 0 Å². The molecule has 0 spiro atoms. The van der Waals surface area contributed by atoms with Gasteiger partial charge in [0.05, 0.1) is 19.7 Å². The number of rotatable bonds is 9. The number of alkyl halides is 3. The molecular weight excluding hydrogens is 269 g/mol. The molecule has 3 N–H and O–H groups in total. The number of carbonyl (C=O) groups is 2. The highest BCUT2D eigenvalue weighted by Crippen LogP contribution is 2.15. The number of carboxylic acid groups (broad SMARTS) is 1. The number of carboxylic acids is 1. The smallest absolute Gasteiger partial charge is 0.401 e. The Kier molecular flexibility index (Phi) is 8.08. The van der Waals surface area contributed by atoms with Gasteiger partial charge in [-0.3, -0.25) is 14.5 Å². The number of amides is 1. The molecule has 0 saturated carbocycles. The van der Waals surface area contributed by atoms with Gasteiger partial charge >= 0.3 is 12.1 Å². The van der Waals surface area contributed by atoms with Crippen molar-refractivity contribution in [2.75, 3.05) is 32.8 Å². The van der Waals surface area contributed by atoms with Crippen molar-refractivity contribution < 1.29 is 33.0 Å². The summed E-state index contributed by atoms with van der Waals surface area (Å²) in [7, 11) is 0. The van der Waals surface area contributed by atoms with E-state index in [0.717, 1.165) is 4.90 Å². The van der Waals surface area contributed by atoms with Crippen LogP contribution in [0.1, 0.15) is 12.8 Å². The molecule has 0 aliphatic carbocycles. The molecule has 0 aromatic rings. The molecule has 0 saturated heterocycles. The minimum Gasteiger partial charge on any atom is -0.481 e. The number of nitrogens with zero attached hydrogens (tertiary/aromatic N) is 1. The second-order valence-corrected chi connectivity index (χ2v) is 3.90. The van der Waals surface area contributed by atoms with Crippen molar-refractivity contribution in [2.45, 2.75) is 19.0 Å². The predicted octanol–water partition coefficient (Wildman–Crippen LogP) is -0.176. The first-order valence-corrected chi connectivity index (χ1v) is 5.63. The number of aliphatic carboxylic acids is 1. The summed E-state index contributed by atoms with van der Waals surface area (Å²) >= 11 is 0. The van der Waals surface area contributed by atoms with Gasteiger partial charge in [-0.15, -0.1) is 0 Å². The zero-order valence-corrected chi connectivity index (χ0v) is 10.2. The van der Waals surface area contributed by atoms with Crippen molar-refractivity contribution in [3.05, 3.63) is 0 Å². The number of hydrogen-bond donors (Lipinski definition) is 3. The van der Waals surface area contributed by atoms with E-state index in [1.807, 2.05) is 0 Å². The van der Waals surface area contributed by atoms with Crippen LogP contribution >= 0.6 is 0 Å². The lowest BCUT2D eigenvalue weighted by atomic mass is 10.3. The molecule has 0 aliphatic heterocycles. The molecule has 0 aromatic heterocycles. The fraction of sp³-hybridized carbons (Fsp3) is 0.800. The SMILES string of the molecule is O=C(O)CCCNC(=O)CN(CCO)CC(F)(F)F. The summed E-state index contributed by atoms with van der Waals surface area (Å²) in [5.41, 5.74) is 0. The fourth-order valence-corrected chi connectivity index (χ4v) is 1.34. The third-order valence-corrected chi connectivity index (χ3v) is 2.08. The summed E-state index contributed by atoms with van der Waals surface area (Å²) in [6.07, 6.45) is -4.36. The van der Waals surface area contributed by atoms with Gasteiger partial charge in [-0.2, -0.15) is 13.2 Å². The van der Waals surface area contributed by atoms with Crippen molar-refractivity contribution in [3.8, 4) is 0 Å². The van der Waals surface area contributed by atoms with Crippen LogP contribution < -0.4 is 5.32 Å². The lowest BCUT2D eigenvalue weighted by molar-refractivity contribution is -0.149. The molecule has 0 aliphatic rings. The van der Waals surface area contributed by atoms with Gasteiger partial charge in [0, 0.05) is 19.5 Å². The van der Waals surface area contributed by atoms with Crippen LogP contribution in [0.25, 0.3) is 0 Å². The third kappa shape index (κ3) is 11.5. The number of carbonyl (C=O) groups excluding carboxylic acids is 1. The van der Waals surface area contributed by atoms with E-state index in [-0.39, 0.29) is 25.9 Å². The van der Waals surface area contributed by atoms with E-state index >= 15 is 0 Å². The first-order chi connectivity index (χ1) is 8.74. The quantitative estimate of drug-likeness (QED) is 0.512. The van der Waals surface area contributed by atoms with Crippen LogP contribution in [0, 0.1) is 0 Å². The zero-order valence-electron chi connectivity index (χ0n) is 10.2. The highest BCUT2D eigenvalue weighted by molar-refractivity contribution is 5.78. The average molecular weight is 286 g/mol. The first-order valence-electron chi connectivity index (χ1n) is 5.63. The normalized spacial score (nSPS) is 11.6. The Labute approximate surface area is 108 Å². The highest BCUT2D eigenvalue weighted by Gasteiger charge is 2.31. The minimum atomic E-state index is -4.45. The van der Waals surface area contributed by atoms with Gasteiger partial charge in [0.2, 0.25) is 5.91 Å². The lowest BCUT2D eigenvalue weighted by Crippen LogP contribution is -2.43. The number of nitrogens with one attached hydrogen (secondary N) is 1.